The zero-order chi connectivity index (χ0) is 17.8. The van der Waals surface area contributed by atoms with Gasteiger partial charge in [0.1, 0.15) is 5.75 Å². The number of aryl methyl sites for hydroxylation is 2. The Morgan fingerprint density at radius 3 is 2.96 bits per heavy atom. The van der Waals surface area contributed by atoms with E-state index in [0.29, 0.717) is 6.42 Å². The maximum absolute atomic E-state index is 12.4. The SMILES string of the molecule is O=C(O)c1ccncc1CCC1CCCc2cc(OC(F)F)ccc21. The van der Waals surface area contributed by atoms with Crippen LogP contribution < -0.4 is 4.74 Å². The number of ether oxygens (including phenoxy) is 1. The summed E-state index contributed by atoms with van der Waals surface area (Å²) in [4.78, 5) is 15.3. The number of hydrogen-bond donors (Lipinski definition) is 1. The van der Waals surface area contributed by atoms with Gasteiger partial charge in [0.15, 0.2) is 0 Å². The van der Waals surface area contributed by atoms with Gasteiger partial charge >= 0.3 is 12.6 Å². The van der Waals surface area contributed by atoms with Crippen molar-refractivity contribution in [1.82, 2.24) is 4.98 Å². The van der Waals surface area contributed by atoms with E-state index >= 15 is 0 Å². The van der Waals surface area contributed by atoms with Crippen LogP contribution in [-0.2, 0) is 12.8 Å². The number of halogens is 2. The van der Waals surface area contributed by atoms with E-state index in [4.69, 9.17) is 0 Å². The molecular weight excluding hydrogens is 328 g/mol. The predicted octanol–water partition coefficient (Wildman–Crippen LogP) is 4.43. The normalized spacial score (nSPS) is 16.5. The highest BCUT2D eigenvalue weighted by molar-refractivity contribution is 5.89. The van der Waals surface area contributed by atoms with Gasteiger partial charge < -0.3 is 9.84 Å². The highest BCUT2D eigenvalue weighted by Gasteiger charge is 2.22. The minimum atomic E-state index is -2.82. The van der Waals surface area contributed by atoms with Crippen molar-refractivity contribution in [3.05, 3.63) is 58.9 Å². The molecule has 1 aromatic heterocycles. The lowest BCUT2D eigenvalue weighted by Crippen LogP contribution is -2.12. The summed E-state index contributed by atoms with van der Waals surface area (Å²) in [5.41, 5.74) is 3.19. The first-order valence-corrected chi connectivity index (χ1v) is 8.28. The van der Waals surface area contributed by atoms with E-state index in [1.807, 2.05) is 6.07 Å². The molecule has 132 valence electrons. The Labute approximate surface area is 144 Å². The molecule has 1 aliphatic carbocycles. The largest absolute Gasteiger partial charge is 0.478 e. The standard InChI is InChI=1S/C19H19F2NO3/c20-19(21)25-15-6-7-16-12(2-1-3-13(16)10-15)4-5-14-11-22-9-8-17(14)18(23)24/h6-12,19H,1-5H2,(H,23,24). The van der Waals surface area contributed by atoms with E-state index in [1.165, 1.54) is 12.3 Å². The van der Waals surface area contributed by atoms with E-state index in [0.717, 1.165) is 42.4 Å². The number of carboxylic acids is 1. The minimum absolute atomic E-state index is 0.190. The van der Waals surface area contributed by atoms with Gasteiger partial charge in [0.2, 0.25) is 0 Å². The molecule has 0 spiro atoms. The molecule has 1 aromatic carbocycles. The molecule has 3 rings (SSSR count). The zero-order valence-electron chi connectivity index (χ0n) is 13.6. The Hall–Kier alpha value is -2.50. The number of alkyl halides is 2. The number of hydrogen-bond acceptors (Lipinski definition) is 3. The number of fused-ring (bicyclic) bond motifs is 1. The van der Waals surface area contributed by atoms with Gasteiger partial charge in [-0.15, -0.1) is 0 Å². The molecule has 1 N–H and O–H groups in total. The van der Waals surface area contributed by atoms with Gasteiger partial charge in [0.25, 0.3) is 0 Å². The topological polar surface area (TPSA) is 59.4 Å². The van der Waals surface area contributed by atoms with Crippen molar-refractivity contribution in [2.24, 2.45) is 0 Å². The summed E-state index contributed by atoms with van der Waals surface area (Å²) in [6.07, 6.45) is 7.34. The van der Waals surface area contributed by atoms with E-state index in [1.54, 1.807) is 18.3 Å². The molecule has 4 nitrogen and oxygen atoms in total. The lowest BCUT2D eigenvalue weighted by atomic mass is 9.79. The Balaban J connectivity index is 1.75. The number of pyridine rings is 1. The lowest BCUT2D eigenvalue weighted by Gasteiger charge is -2.26. The van der Waals surface area contributed by atoms with Crippen LogP contribution in [0, 0.1) is 0 Å². The summed E-state index contributed by atoms with van der Waals surface area (Å²) in [6, 6.07) is 6.65. The number of carbonyl (C=O) groups is 1. The van der Waals surface area contributed by atoms with Crippen LogP contribution in [-0.4, -0.2) is 22.7 Å². The van der Waals surface area contributed by atoms with Crippen molar-refractivity contribution < 1.29 is 23.4 Å². The van der Waals surface area contributed by atoms with Gasteiger partial charge in [-0.3, -0.25) is 4.98 Å². The van der Waals surface area contributed by atoms with Crippen molar-refractivity contribution >= 4 is 5.97 Å². The first-order valence-electron chi connectivity index (χ1n) is 8.28. The van der Waals surface area contributed by atoms with Gasteiger partial charge in [-0.25, -0.2) is 4.79 Å². The van der Waals surface area contributed by atoms with E-state index in [2.05, 4.69) is 9.72 Å². The van der Waals surface area contributed by atoms with Gasteiger partial charge in [-0.05, 0) is 72.9 Å². The second kappa shape index (κ2) is 7.59. The van der Waals surface area contributed by atoms with Crippen LogP contribution in [0.1, 0.15) is 52.2 Å². The maximum atomic E-state index is 12.4. The third-order valence-corrected chi connectivity index (χ3v) is 4.67. The highest BCUT2D eigenvalue weighted by atomic mass is 19.3. The molecular formula is C19H19F2NO3. The molecule has 6 heteroatoms. The summed E-state index contributed by atoms with van der Waals surface area (Å²) >= 11 is 0. The second-order valence-electron chi connectivity index (χ2n) is 6.20. The molecule has 0 fully saturated rings. The van der Waals surface area contributed by atoms with Gasteiger partial charge in [0, 0.05) is 12.4 Å². The number of aromatic carboxylic acids is 1. The Bertz CT molecular complexity index is 764. The fraction of sp³-hybridized carbons (Fsp3) is 0.368. The van der Waals surface area contributed by atoms with E-state index in [9.17, 15) is 18.7 Å². The molecule has 0 saturated heterocycles. The number of aromatic nitrogens is 1. The number of benzene rings is 1. The van der Waals surface area contributed by atoms with Crippen LogP contribution in [0.15, 0.2) is 36.7 Å². The van der Waals surface area contributed by atoms with Crippen molar-refractivity contribution in [1.29, 1.82) is 0 Å². The number of nitrogens with zero attached hydrogens (tertiary/aromatic N) is 1. The first kappa shape index (κ1) is 17.3. The van der Waals surface area contributed by atoms with E-state index < -0.39 is 12.6 Å². The van der Waals surface area contributed by atoms with Crippen LogP contribution in [0.2, 0.25) is 0 Å². The molecule has 2 aromatic rings. The predicted molar refractivity (Wildman–Crippen MR) is 88.3 cm³/mol. The fourth-order valence-corrected chi connectivity index (χ4v) is 3.53. The summed E-state index contributed by atoms with van der Waals surface area (Å²) in [5, 5.41) is 9.26. The van der Waals surface area contributed by atoms with Crippen molar-refractivity contribution in [3.63, 3.8) is 0 Å². The summed E-state index contributed by atoms with van der Waals surface area (Å²) < 4.78 is 29.2. The molecule has 0 saturated carbocycles. The molecule has 0 aliphatic heterocycles. The quantitative estimate of drug-likeness (QED) is 0.839. The molecule has 0 radical (unpaired) electrons. The molecule has 1 heterocycles. The van der Waals surface area contributed by atoms with Gasteiger partial charge in [-0.2, -0.15) is 8.78 Å². The molecule has 1 unspecified atom stereocenters. The summed E-state index contributed by atoms with van der Waals surface area (Å²) in [6.45, 7) is -2.82. The Kier molecular flexibility index (Phi) is 5.26. The molecule has 1 aliphatic rings. The first-order chi connectivity index (χ1) is 12.0. The second-order valence-corrected chi connectivity index (χ2v) is 6.20. The molecule has 1 atom stereocenters. The maximum Gasteiger partial charge on any atom is 0.387 e. The van der Waals surface area contributed by atoms with Crippen LogP contribution in [0.5, 0.6) is 5.75 Å². The minimum Gasteiger partial charge on any atom is -0.478 e. The third-order valence-electron chi connectivity index (χ3n) is 4.67. The fourth-order valence-electron chi connectivity index (χ4n) is 3.53. The average molecular weight is 347 g/mol. The number of carboxylic acid groups (broad SMARTS) is 1. The van der Waals surface area contributed by atoms with Crippen LogP contribution in [0.25, 0.3) is 0 Å². The third kappa shape index (κ3) is 4.13. The number of rotatable bonds is 6. The molecule has 0 amide bonds. The smallest absolute Gasteiger partial charge is 0.387 e. The Morgan fingerprint density at radius 2 is 2.20 bits per heavy atom. The van der Waals surface area contributed by atoms with Gasteiger partial charge in [-0.1, -0.05) is 6.07 Å². The van der Waals surface area contributed by atoms with Crippen LogP contribution >= 0.6 is 0 Å². The highest BCUT2D eigenvalue weighted by Crippen LogP contribution is 2.37. The van der Waals surface area contributed by atoms with Gasteiger partial charge in [0.05, 0.1) is 5.56 Å². The van der Waals surface area contributed by atoms with Crippen molar-refractivity contribution in [2.45, 2.75) is 44.6 Å². The monoisotopic (exact) mass is 347 g/mol. The van der Waals surface area contributed by atoms with Crippen molar-refractivity contribution in [3.8, 4) is 5.75 Å². The van der Waals surface area contributed by atoms with Crippen LogP contribution in [0.4, 0.5) is 8.78 Å². The molecule has 0 bridgehead atoms. The van der Waals surface area contributed by atoms with E-state index in [-0.39, 0.29) is 17.2 Å². The van der Waals surface area contributed by atoms with Crippen LogP contribution in [0.3, 0.4) is 0 Å². The lowest BCUT2D eigenvalue weighted by molar-refractivity contribution is -0.0499. The summed E-state index contributed by atoms with van der Waals surface area (Å²) in [7, 11) is 0. The molecule has 25 heavy (non-hydrogen) atoms. The average Bonchev–Trinajstić information content (AvgIpc) is 2.59. The van der Waals surface area contributed by atoms with Crippen molar-refractivity contribution in [2.75, 3.05) is 0 Å². The summed E-state index contributed by atoms with van der Waals surface area (Å²) in [5.74, 6) is -0.476. The Morgan fingerprint density at radius 1 is 1.36 bits per heavy atom. The zero-order valence-corrected chi connectivity index (χ0v) is 13.6.